The van der Waals surface area contributed by atoms with E-state index in [9.17, 15) is 0 Å². The highest BCUT2D eigenvalue weighted by Gasteiger charge is 2.14. The Balaban J connectivity index is 1.70. The zero-order valence-electron chi connectivity index (χ0n) is 15.0. The molecule has 2 rings (SSSR count). The number of hydrogen-bond acceptors (Lipinski definition) is 3. The zero-order chi connectivity index (χ0) is 16.5. The molecule has 0 saturated heterocycles. The molecule has 0 aromatic carbocycles. The van der Waals surface area contributed by atoms with Crippen molar-refractivity contribution in [2.24, 2.45) is 10.9 Å². The molecule has 23 heavy (non-hydrogen) atoms. The summed E-state index contributed by atoms with van der Waals surface area (Å²) in [5, 5.41) is 10.7. The van der Waals surface area contributed by atoms with Crippen molar-refractivity contribution >= 4 is 5.96 Å². The summed E-state index contributed by atoms with van der Waals surface area (Å²) in [6.45, 7) is 8.71. The first-order valence-electron chi connectivity index (χ1n) is 9.14. The number of aliphatic imine (C=N–C) groups is 1. The SMILES string of the molecule is CCNC(=NCCCC1CCCC1)NCCc1c(C)noc1C. The molecule has 1 aliphatic carbocycles. The van der Waals surface area contributed by atoms with E-state index < -0.39 is 0 Å². The van der Waals surface area contributed by atoms with Crippen molar-refractivity contribution in [1.82, 2.24) is 15.8 Å². The molecule has 130 valence electrons. The van der Waals surface area contributed by atoms with Crippen LogP contribution in [0.5, 0.6) is 0 Å². The maximum Gasteiger partial charge on any atom is 0.191 e. The molecular formula is C18H32N4O. The fourth-order valence-electron chi connectivity index (χ4n) is 3.38. The van der Waals surface area contributed by atoms with Crippen LogP contribution in [-0.2, 0) is 6.42 Å². The largest absolute Gasteiger partial charge is 0.361 e. The van der Waals surface area contributed by atoms with E-state index in [4.69, 9.17) is 9.52 Å². The number of rotatable bonds is 8. The molecule has 0 atom stereocenters. The summed E-state index contributed by atoms with van der Waals surface area (Å²) >= 11 is 0. The van der Waals surface area contributed by atoms with Crippen LogP contribution in [0.3, 0.4) is 0 Å². The molecule has 1 fully saturated rings. The summed E-state index contributed by atoms with van der Waals surface area (Å²) in [6.07, 6.45) is 9.17. The molecule has 5 nitrogen and oxygen atoms in total. The highest BCUT2D eigenvalue weighted by molar-refractivity contribution is 5.79. The minimum Gasteiger partial charge on any atom is -0.361 e. The lowest BCUT2D eigenvalue weighted by atomic mass is 10.0. The maximum absolute atomic E-state index is 5.20. The van der Waals surface area contributed by atoms with Crippen LogP contribution in [0.25, 0.3) is 0 Å². The third-order valence-corrected chi connectivity index (χ3v) is 4.71. The molecule has 1 saturated carbocycles. The van der Waals surface area contributed by atoms with Crippen LogP contribution in [0.4, 0.5) is 0 Å². The van der Waals surface area contributed by atoms with Gasteiger partial charge < -0.3 is 15.2 Å². The monoisotopic (exact) mass is 320 g/mol. The van der Waals surface area contributed by atoms with Gasteiger partial charge in [0.15, 0.2) is 5.96 Å². The highest BCUT2D eigenvalue weighted by atomic mass is 16.5. The van der Waals surface area contributed by atoms with E-state index in [0.29, 0.717) is 0 Å². The first-order valence-corrected chi connectivity index (χ1v) is 9.14. The van der Waals surface area contributed by atoms with E-state index in [0.717, 1.165) is 49.4 Å². The van der Waals surface area contributed by atoms with Gasteiger partial charge in [-0.15, -0.1) is 0 Å². The Morgan fingerprint density at radius 3 is 2.70 bits per heavy atom. The summed E-state index contributed by atoms with van der Waals surface area (Å²) < 4.78 is 5.20. The fraction of sp³-hybridized carbons (Fsp3) is 0.778. The topological polar surface area (TPSA) is 62.5 Å². The van der Waals surface area contributed by atoms with Gasteiger partial charge in [0.1, 0.15) is 5.76 Å². The fourth-order valence-corrected chi connectivity index (χ4v) is 3.38. The molecule has 0 amide bonds. The van der Waals surface area contributed by atoms with Gasteiger partial charge in [0.2, 0.25) is 0 Å². The van der Waals surface area contributed by atoms with Gasteiger partial charge in [0.05, 0.1) is 5.69 Å². The Hall–Kier alpha value is -1.52. The van der Waals surface area contributed by atoms with Crippen molar-refractivity contribution < 1.29 is 4.52 Å². The summed E-state index contributed by atoms with van der Waals surface area (Å²) in [7, 11) is 0. The lowest BCUT2D eigenvalue weighted by molar-refractivity contribution is 0.392. The van der Waals surface area contributed by atoms with Crippen LogP contribution in [0, 0.1) is 19.8 Å². The van der Waals surface area contributed by atoms with Gasteiger partial charge in [0.25, 0.3) is 0 Å². The Morgan fingerprint density at radius 1 is 1.26 bits per heavy atom. The molecule has 1 aromatic rings. The van der Waals surface area contributed by atoms with Gasteiger partial charge >= 0.3 is 0 Å². The predicted octanol–water partition coefficient (Wildman–Crippen LogP) is 3.36. The van der Waals surface area contributed by atoms with Crippen molar-refractivity contribution in [3.05, 3.63) is 17.0 Å². The van der Waals surface area contributed by atoms with E-state index in [-0.39, 0.29) is 0 Å². The van der Waals surface area contributed by atoms with Gasteiger partial charge in [-0.05, 0) is 46.0 Å². The zero-order valence-corrected chi connectivity index (χ0v) is 15.0. The maximum atomic E-state index is 5.20. The van der Waals surface area contributed by atoms with E-state index in [1.165, 1.54) is 44.1 Å². The van der Waals surface area contributed by atoms with Crippen LogP contribution in [0.15, 0.2) is 9.52 Å². The first-order chi connectivity index (χ1) is 11.2. The van der Waals surface area contributed by atoms with Gasteiger partial charge in [-0.25, -0.2) is 0 Å². The molecule has 0 bridgehead atoms. The molecule has 1 aliphatic rings. The standard InChI is InChI=1S/C18H32N4O/c1-4-19-18(20-12-7-10-16-8-5-6-9-16)21-13-11-17-14(2)22-23-15(17)3/h16H,4-13H2,1-3H3,(H2,19,20,21). The number of aromatic nitrogens is 1. The van der Waals surface area contributed by atoms with E-state index in [1.54, 1.807) is 0 Å². The summed E-state index contributed by atoms with van der Waals surface area (Å²) in [4.78, 5) is 4.69. The molecule has 1 heterocycles. The lowest BCUT2D eigenvalue weighted by Crippen LogP contribution is -2.38. The summed E-state index contributed by atoms with van der Waals surface area (Å²) in [5.41, 5.74) is 2.19. The summed E-state index contributed by atoms with van der Waals surface area (Å²) in [5.74, 6) is 2.80. The molecule has 0 radical (unpaired) electrons. The second-order valence-electron chi connectivity index (χ2n) is 6.53. The van der Waals surface area contributed by atoms with Crippen LogP contribution in [0.1, 0.15) is 62.5 Å². The van der Waals surface area contributed by atoms with E-state index in [1.807, 2.05) is 13.8 Å². The molecular weight excluding hydrogens is 288 g/mol. The number of hydrogen-bond donors (Lipinski definition) is 2. The normalized spacial score (nSPS) is 16.0. The third-order valence-electron chi connectivity index (χ3n) is 4.71. The first kappa shape index (κ1) is 17.8. The Kier molecular flexibility index (Phi) is 7.43. The minimum absolute atomic E-state index is 0.845. The van der Waals surface area contributed by atoms with E-state index >= 15 is 0 Å². The lowest BCUT2D eigenvalue weighted by Gasteiger charge is -2.12. The Labute approximate surface area is 140 Å². The number of aryl methyl sites for hydroxylation is 2. The third kappa shape index (κ3) is 5.88. The van der Waals surface area contributed by atoms with Crippen LogP contribution < -0.4 is 10.6 Å². The summed E-state index contributed by atoms with van der Waals surface area (Å²) in [6, 6.07) is 0. The van der Waals surface area contributed by atoms with Crippen LogP contribution in [-0.4, -0.2) is 30.8 Å². The Morgan fingerprint density at radius 2 is 2.04 bits per heavy atom. The number of guanidine groups is 1. The van der Waals surface area contributed by atoms with Crippen LogP contribution >= 0.6 is 0 Å². The van der Waals surface area contributed by atoms with Crippen molar-refractivity contribution in [2.75, 3.05) is 19.6 Å². The van der Waals surface area contributed by atoms with Crippen molar-refractivity contribution in [3.63, 3.8) is 0 Å². The van der Waals surface area contributed by atoms with Crippen molar-refractivity contribution in [3.8, 4) is 0 Å². The highest BCUT2D eigenvalue weighted by Crippen LogP contribution is 2.28. The van der Waals surface area contributed by atoms with E-state index in [2.05, 4.69) is 22.7 Å². The van der Waals surface area contributed by atoms with Gasteiger partial charge in [-0.3, -0.25) is 4.99 Å². The smallest absolute Gasteiger partial charge is 0.191 e. The van der Waals surface area contributed by atoms with Crippen LogP contribution in [0.2, 0.25) is 0 Å². The van der Waals surface area contributed by atoms with Crippen molar-refractivity contribution in [1.29, 1.82) is 0 Å². The molecule has 0 aliphatic heterocycles. The molecule has 2 N–H and O–H groups in total. The molecule has 0 unspecified atom stereocenters. The number of nitrogens with zero attached hydrogens (tertiary/aromatic N) is 2. The van der Waals surface area contributed by atoms with Gasteiger partial charge in [0, 0.05) is 25.2 Å². The van der Waals surface area contributed by atoms with Crippen molar-refractivity contribution in [2.45, 2.75) is 65.7 Å². The average molecular weight is 320 g/mol. The second-order valence-corrected chi connectivity index (χ2v) is 6.53. The number of nitrogens with one attached hydrogen (secondary N) is 2. The molecule has 1 aromatic heterocycles. The molecule has 5 heteroatoms. The average Bonchev–Trinajstić information content (AvgIpc) is 3.16. The molecule has 0 spiro atoms. The minimum atomic E-state index is 0.845. The predicted molar refractivity (Wildman–Crippen MR) is 94.9 cm³/mol. The van der Waals surface area contributed by atoms with Gasteiger partial charge in [-0.2, -0.15) is 0 Å². The Bertz CT molecular complexity index is 470. The van der Waals surface area contributed by atoms with Gasteiger partial charge in [-0.1, -0.05) is 30.8 Å². The second kappa shape index (κ2) is 9.58. The quantitative estimate of drug-likeness (QED) is 0.438.